The van der Waals surface area contributed by atoms with Gasteiger partial charge in [-0.1, -0.05) is 0 Å². The van der Waals surface area contributed by atoms with Gasteiger partial charge in [0.05, 0.1) is 16.8 Å². The molecule has 1 unspecified atom stereocenters. The summed E-state index contributed by atoms with van der Waals surface area (Å²) in [6.45, 7) is 0.676. The predicted molar refractivity (Wildman–Crippen MR) is 98.6 cm³/mol. The van der Waals surface area contributed by atoms with Gasteiger partial charge in [0.2, 0.25) is 0 Å². The molecule has 1 atom stereocenters. The Balaban J connectivity index is 1.69. The second-order valence-corrected chi connectivity index (χ2v) is 8.12. The number of carbonyl (C=O) groups is 1. The summed E-state index contributed by atoms with van der Waals surface area (Å²) in [7, 11) is 0. The van der Waals surface area contributed by atoms with Crippen LogP contribution in [0.3, 0.4) is 0 Å². The fraction of sp³-hybridized carbons (Fsp3) is 0.450. The molecule has 4 aliphatic rings. The smallest absolute Gasteiger partial charge is 0.416 e. The molecule has 1 aliphatic carbocycles. The van der Waals surface area contributed by atoms with Crippen LogP contribution in [0.15, 0.2) is 24.4 Å². The molecule has 1 saturated carbocycles. The van der Waals surface area contributed by atoms with Gasteiger partial charge in [-0.05, 0) is 44.0 Å². The number of aromatic nitrogens is 2. The average molecular weight is 440 g/mol. The zero-order valence-electron chi connectivity index (χ0n) is 16.0. The summed E-state index contributed by atoms with van der Waals surface area (Å²) in [4.78, 5) is 20.0. The van der Waals surface area contributed by atoms with Crippen LogP contribution in [0.4, 0.5) is 32.6 Å². The third-order valence-corrected chi connectivity index (χ3v) is 6.24. The zero-order valence-corrected chi connectivity index (χ0v) is 16.0. The van der Waals surface area contributed by atoms with E-state index in [1.807, 2.05) is 0 Å². The van der Waals surface area contributed by atoms with Crippen LogP contribution < -0.4 is 10.6 Å². The molecule has 2 aromatic rings. The van der Waals surface area contributed by atoms with Crippen molar-refractivity contribution in [2.75, 3.05) is 11.9 Å². The summed E-state index contributed by atoms with van der Waals surface area (Å²) >= 11 is 0. The van der Waals surface area contributed by atoms with Crippen molar-refractivity contribution in [1.29, 1.82) is 0 Å². The summed E-state index contributed by atoms with van der Waals surface area (Å²) in [5.41, 5.74) is -1.34. The predicted octanol–water partition coefficient (Wildman–Crippen LogP) is 4.42. The van der Waals surface area contributed by atoms with Gasteiger partial charge in [-0.25, -0.2) is 18.6 Å². The minimum absolute atomic E-state index is 0.0175. The fourth-order valence-electron chi connectivity index (χ4n) is 4.75. The van der Waals surface area contributed by atoms with Crippen molar-refractivity contribution in [2.24, 2.45) is 0 Å². The van der Waals surface area contributed by atoms with Crippen molar-refractivity contribution in [3.05, 3.63) is 41.2 Å². The molecule has 6 nitrogen and oxygen atoms in total. The summed E-state index contributed by atoms with van der Waals surface area (Å²) in [5.74, 6) is -0.177. The highest BCUT2D eigenvalue weighted by Crippen LogP contribution is 2.50. The molecule has 2 bridgehead atoms. The van der Waals surface area contributed by atoms with Gasteiger partial charge in [0.1, 0.15) is 5.82 Å². The molecule has 1 amide bonds. The molecular weight excluding hydrogens is 423 g/mol. The molecule has 0 aromatic carbocycles. The molecule has 3 aliphatic heterocycles. The second kappa shape index (κ2) is 6.84. The summed E-state index contributed by atoms with van der Waals surface area (Å²) in [6, 6.07) is 3.45. The number of carbonyl (C=O) groups excluding carboxylic acids is 1. The standard InChI is InChI=1S/C20H17F5N4O2/c21-16(22)15-14-11(1-3-27-17(14)29-18(30)31-15)12-5-9(20(23,24)25)6-13(28-12)19-2-4-26-10(7-19)8-19/h1,3,5-6,10,15-16,26H,2,4,7-8H2,(H,27,29,30). The molecule has 2 N–H and O–H groups in total. The lowest BCUT2D eigenvalue weighted by molar-refractivity contribution is -0.137. The van der Waals surface area contributed by atoms with E-state index in [0.29, 0.717) is 31.5 Å². The van der Waals surface area contributed by atoms with Gasteiger partial charge in [-0.3, -0.25) is 10.3 Å². The minimum atomic E-state index is -4.64. The Morgan fingerprint density at radius 2 is 2.00 bits per heavy atom. The monoisotopic (exact) mass is 440 g/mol. The number of fused-ring (bicyclic) bond motifs is 3. The topological polar surface area (TPSA) is 76.1 Å². The first-order chi connectivity index (χ1) is 14.7. The molecule has 164 valence electrons. The van der Waals surface area contributed by atoms with E-state index >= 15 is 0 Å². The van der Waals surface area contributed by atoms with Gasteiger partial charge in [0, 0.05) is 28.9 Å². The van der Waals surface area contributed by atoms with Gasteiger partial charge in [0.25, 0.3) is 6.43 Å². The Labute approximate surface area is 173 Å². The summed E-state index contributed by atoms with van der Waals surface area (Å²) in [5, 5.41) is 5.53. The van der Waals surface area contributed by atoms with Gasteiger partial charge < -0.3 is 10.1 Å². The quantitative estimate of drug-likeness (QED) is 0.691. The first-order valence-electron chi connectivity index (χ1n) is 9.74. The largest absolute Gasteiger partial charge is 0.435 e. The van der Waals surface area contributed by atoms with Crippen molar-refractivity contribution < 1.29 is 31.5 Å². The van der Waals surface area contributed by atoms with E-state index in [0.717, 1.165) is 12.1 Å². The number of cyclic esters (lactones) is 1. The van der Waals surface area contributed by atoms with E-state index in [9.17, 15) is 26.7 Å². The highest BCUT2D eigenvalue weighted by Gasteiger charge is 2.50. The number of pyridine rings is 2. The molecule has 11 heteroatoms. The number of ether oxygens (including phenoxy) is 1. The van der Waals surface area contributed by atoms with Crippen molar-refractivity contribution in [3.8, 4) is 11.3 Å². The molecule has 0 radical (unpaired) electrons. The van der Waals surface area contributed by atoms with Crippen LogP contribution in [0.25, 0.3) is 11.3 Å². The van der Waals surface area contributed by atoms with Crippen LogP contribution in [0.1, 0.15) is 42.2 Å². The Morgan fingerprint density at radius 1 is 1.23 bits per heavy atom. The van der Waals surface area contributed by atoms with Crippen LogP contribution in [-0.4, -0.2) is 35.1 Å². The maximum atomic E-state index is 13.7. The first kappa shape index (κ1) is 20.1. The summed E-state index contributed by atoms with van der Waals surface area (Å²) < 4.78 is 73.1. The number of amides is 1. The number of piperidine rings is 2. The van der Waals surface area contributed by atoms with E-state index in [-0.39, 0.29) is 28.7 Å². The van der Waals surface area contributed by atoms with Crippen LogP contribution >= 0.6 is 0 Å². The van der Waals surface area contributed by atoms with Gasteiger partial charge in [0.15, 0.2) is 6.10 Å². The van der Waals surface area contributed by atoms with Crippen molar-refractivity contribution >= 4 is 11.9 Å². The van der Waals surface area contributed by atoms with E-state index in [2.05, 4.69) is 20.6 Å². The van der Waals surface area contributed by atoms with Crippen LogP contribution in [-0.2, 0) is 16.3 Å². The third-order valence-electron chi connectivity index (χ3n) is 6.24. The first-order valence-corrected chi connectivity index (χ1v) is 9.74. The Bertz CT molecular complexity index is 1050. The molecule has 2 aromatic heterocycles. The zero-order chi connectivity index (χ0) is 22.0. The molecule has 0 spiro atoms. The van der Waals surface area contributed by atoms with Crippen molar-refractivity contribution in [1.82, 2.24) is 15.3 Å². The van der Waals surface area contributed by atoms with E-state index in [1.54, 1.807) is 0 Å². The van der Waals surface area contributed by atoms with Crippen LogP contribution in [0.2, 0.25) is 0 Å². The molecule has 6 rings (SSSR count). The Kier molecular flexibility index (Phi) is 4.44. The number of anilines is 1. The third kappa shape index (κ3) is 3.31. The van der Waals surface area contributed by atoms with Crippen LogP contribution in [0, 0.1) is 0 Å². The number of nitrogens with one attached hydrogen (secondary N) is 2. The van der Waals surface area contributed by atoms with Crippen LogP contribution in [0.5, 0.6) is 0 Å². The van der Waals surface area contributed by atoms with Crippen molar-refractivity contribution in [2.45, 2.75) is 49.4 Å². The number of halogens is 5. The lowest BCUT2D eigenvalue weighted by Crippen LogP contribution is -2.58. The van der Waals surface area contributed by atoms with Gasteiger partial charge in [-0.15, -0.1) is 0 Å². The maximum Gasteiger partial charge on any atom is 0.416 e. The molecule has 5 heterocycles. The lowest BCUT2D eigenvalue weighted by atomic mass is 9.59. The average Bonchev–Trinajstić information content (AvgIpc) is 2.71. The Morgan fingerprint density at radius 3 is 2.65 bits per heavy atom. The number of hydrogen-bond donors (Lipinski definition) is 2. The second-order valence-electron chi connectivity index (χ2n) is 8.12. The lowest BCUT2D eigenvalue weighted by Gasteiger charge is -2.52. The van der Waals surface area contributed by atoms with Crippen molar-refractivity contribution in [3.63, 3.8) is 0 Å². The fourth-order valence-corrected chi connectivity index (χ4v) is 4.75. The maximum absolute atomic E-state index is 13.7. The summed E-state index contributed by atoms with van der Waals surface area (Å²) in [6.07, 6.45) is -7.57. The van der Waals surface area contributed by atoms with E-state index in [1.165, 1.54) is 12.3 Å². The number of nitrogens with zero attached hydrogens (tertiary/aromatic N) is 2. The minimum Gasteiger partial charge on any atom is -0.435 e. The number of rotatable bonds is 3. The normalized spacial score (nSPS) is 27.2. The SMILES string of the molecule is O=C1Nc2nccc(-c3cc(C(F)(F)F)cc(C45CCNC(C4)C5)n3)c2C(C(F)F)O1. The van der Waals surface area contributed by atoms with E-state index in [4.69, 9.17) is 4.74 Å². The molecule has 31 heavy (non-hydrogen) atoms. The molecule has 3 fully saturated rings. The molecular formula is C20H17F5N4O2. The number of hydrogen-bond acceptors (Lipinski definition) is 5. The van der Waals surface area contributed by atoms with E-state index < -0.39 is 35.8 Å². The van der Waals surface area contributed by atoms with Gasteiger partial charge >= 0.3 is 12.3 Å². The highest BCUT2D eigenvalue weighted by molar-refractivity contribution is 5.89. The van der Waals surface area contributed by atoms with Gasteiger partial charge in [-0.2, -0.15) is 13.2 Å². The highest BCUT2D eigenvalue weighted by atomic mass is 19.4. The Hall–Kier alpha value is -2.82. The number of alkyl halides is 5. The molecule has 2 saturated heterocycles.